The first-order valence-corrected chi connectivity index (χ1v) is 9.37. The van der Waals surface area contributed by atoms with E-state index in [0.717, 1.165) is 0 Å². The number of piperazine rings is 1. The van der Waals surface area contributed by atoms with Gasteiger partial charge in [0.25, 0.3) is 0 Å². The van der Waals surface area contributed by atoms with E-state index in [0.29, 0.717) is 44.1 Å². The van der Waals surface area contributed by atoms with Crippen molar-refractivity contribution >= 4 is 23.2 Å². The molecule has 2 heterocycles. The van der Waals surface area contributed by atoms with E-state index in [4.69, 9.17) is 0 Å². The molecule has 2 fully saturated rings. The van der Waals surface area contributed by atoms with Crippen LogP contribution in [0.1, 0.15) is 6.42 Å². The number of carbonyl (C=O) groups is 2. The molecule has 0 unspecified atom stereocenters. The lowest BCUT2D eigenvalue weighted by atomic mass is 10.1. The van der Waals surface area contributed by atoms with Gasteiger partial charge in [0.05, 0.1) is 11.6 Å². The molecule has 2 aromatic carbocycles. The van der Waals surface area contributed by atoms with Gasteiger partial charge in [-0.05, 0) is 36.4 Å². The Bertz CT molecular complexity index is 879. The van der Waals surface area contributed by atoms with E-state index in [-0.39, 0.29) is 29.9 Å². The predicted octanol–water partition coefficient (Wildman–Crippen LogP) is 2.67. The summed E-state index contributed by atoms with van der Waals surface area (Å²) in [7, 11) is 0. The molecule has 146 valence electrons. The van der Waals surface area contributed by atoms with Crippen molar-refractivity contribution in [3.8, 4) is 0 Å². The highest BCUT2D eigenvalue weighted by Crippen LogP contribution is 2.27. The van der Waals surface area contributed by atoms with Gasteiger partial charge in [0.15, 0.2) is 0 Å². The van der Waals surface area contributed by atoms with Crippen LogP contribution < -0.4 is 9.80 Å². The molecule has 0 aromatic heterocycles. The minimum Gasteiger partial charge on any atom is -0.366 e. The van der Waals surface area contributed by atoms with E-state index in [1.54, 1.807) is 35.2 Å². The molecule has 2 amide bonds. The van der Waals surface area contributed by atoms with Gasteiger partial charge in [0, 0.05) is 44.8 Å². The zero-order chi connectivity index (χ0) is 19.7. The van der Waals surface area contributed by atoms with Crippen molar-refractivity contribution in [2.24, 2.45) is 5.92 Å². The number of rotatable bonds is 3. The van der Waals surface area contributed by atoms with Crippen LogP contribution in [-0.4, -0.2) is 49.4 Å². The van der Waals surface area contributed by atoms with Crippen LogP contribution in [-0.2, 0) is 9.59 Å². The van der Waals surface area contributed by atoms with E-state index in [1.807, 2.05) is 4.90 Å². The Morgan fingerprint density at radius 2 is 1.61 bits per heavy atom. The number of benzene rings is 2. The van der Waals surface area contributed by atoms with E-state index < -0.39 is 5.92 Å². The Balaban J connectivity index is 1.37. The lowest BCUT2D eigenvalue weighted by Crippen LogP contribution is -2.51. The Morgan fingerprint density at radius 1 is 0.929 bits per heavy atom. The largest absolute Gasteiger partial charge is 0.366 e. The molecule has 0 radical (unpaired) electrons. The molecular formula is C21H21F2N3O2. The van der Waals surface area contributed by atoms with Gasteiger partial charge < -0.3 is 14.7 Å². The van der Waals surface area contributed by atoms with Gasteiger partial charge in [-0.2, -0.15) is 0 Å². The number of nitrogens with zero attached hydrogens (tertiary/aromatic N) is 3. The number of hydrogen-bond donors (Lipinski definition) is 0. The summed E-state index contributed by atoms with van der Waals surface area (Å²) in [6, 6.07) is 12.3. The molecule has 2 aliphatic heterocycles. The molecule has 28 heavy (non-hydrogen) atoms. The average Bonchev–Trinajstić information content (AvgIpc) is 3.10. The molecule has 2 saturated heterocycles. The van der Waals surface area contributed by atoms with Gasteiger partial charge in [-0.15, -0.1) is 0 Å². The van der Waals surface area contributed by atoms with Crippen LogP contribution in [0.5, 0.6) is 0 Å². The van der Waals surface area contributed by atoms with Gasteiger partial charge >= 0.3 is 0 Å². The molecule has 0 N–H and O–H groups in total. The molecule has 1 atom stereocenters. The summed E-state index contributed by atoms with van der Waals surface area (Å²) in [4.78, 5) is 30.5. The fraction of sp³-hybridized carbons (Fsp3) is 0.333. The van der Waals surface area contributed by atoms with Crippen LogP contribution in [0.3, 0.4) is 0 Å². The monoisotopic (exact) mass is 385 g/mol. The van der Waals surface area contributed by atoms with Crippen molar-refractivity contribution in [1.82, 2.24) is 4.90 Å². The number of halogens is 2. The second kappa shape index (κ2) is 7.58. The fourth-order valence-corrected chi connectivity index (χ4v) is 3.88. The topological polar surface area (TPSA) is 43.9 Å². The Kier molecular flexibility index (Phi) is 4.98. The van der Waals surface area contributed by atoms with Crippen LogP contribution in [0.25, 0.3) is 0 Å². The van der Waals surface area contributed by atoms with E-state index >= 15 is 0 Å². The maximum atomic E-state index is 14.0. The number of carbonyl (C=O) groups excluding carboxylic acids is 2. The molecule has 0 saturated carbocycles. The maximum Gasteiger partial charge on any atom is 0.228 e. The third-order valence-corrected chi connectivity index (χ3v) is 5.40. The van der Waals surface area contributed by atoms with Crippen molar-refractivity contribution in [2.75, 3.05) is 42.5 Å². The zero-order valence-corrected chi connectivity index (χ0v) is 15.4. The van der Waals surface area contributed by atoms with Gasteiger partial charge in [-0.1, -0.05) is 12.1 Å². The summed E-state index contributed by atoms with van der Waals surface area (Å²) >= 11 is 0. The van der Waals surface area contributed by atoms with Crippen LogP contribution >= 0.6 is 0 Å². The molecular weight excluding hydrogens is 364 g/mol. The smallest absolute Gasteiger partial charge is 0.228 e. The maximum absolute atomic E-state index is 14.0. The van der Waals surface area contributed by atoms with Gasteiger partial charge in [-0.3, -0.25) is 9.59 Å². The summed E-state index contributed by atoms with van der Waals surface area (Å²) in [6.45, 7) is 2.39. The third kappa shape index (κ3) is 3.56. The summed E-state index contributed by atoms with van der Waals surface area (Å²) in [5, 5.41) is 0. The Morgan fingerprint density at radius 3 is 2.29 bits per heavy atom. The van der Waals surface area contributed by atoms with Crippen molar-refractivity contribution in [2.45, 2.75) is 6.42 Å². The van der Waals surface area contributed by atoms with Crippen molar-refractivity contribution in [1.29, 1.82) is 0 Å². The lowest BCUT2D eigenvalue weighted by molar-refractivity contribution is -0.136. The molecule has 2 aromatic rings. The minimum absolute atomic E-state index is 0.0499. The molecule has 0 spiro atoms. The third-order valence-electron chi connectivity index (χ3n) is 5.40. The summed E-state index contributed by atoms with van der Waals surface area (Å²) in [6.07, 6.45) is 0.156. The minimum atomic E-state index is -0.405. The summed E-state index contributed by atoms with van der Waals surface area (Å²) < 4.78 is 27.1. The van der Waals surface area contributed by atoms with Crippen LogP contribution in [0.2, 0.25) is 0 Å². The van der Waals surface area contributed by atoms with Crippen molar-refractivity contribution < 1.29 is 18.4 Å². The molecule has 2 aliphatic rings. The van der Waals surface area contributed by atoms with Gasteiger partial charge in [0.2, 0.25) is 11.8 Å². The molecule has 0 bridgehead atoms. The van der Waals surface area contributed by atoms with Crippen LogP contribution in [0, 0.1) is 17.6 Å². The quantitative estimate of drug-likeness (QED) is 0.816. The van der Waals surface area contributed by atoms with E-state index in [1.165, 1.54) is 23.1 Å². The zero-order valence-electron chi connectivity index (χ0n) is 15.4. The highest BCUT2D eigenvalue weighted by atomic mass is 19.1. The summed E-state index contributed by atoms with van der Waals surface area (Å²) in [5.41, 5.74) is 1.15. The molecule has 0 aliphatic carbocycles. The van der Waals surface area contributed by atoms with Crippen molar-refractivity contribution in [3.63, 3.8) is 0 Å². The van der Waals surface area contributed by atoms with E-state index in [9.17, 15) is 18.4 Å². The lowest BCUT2D eigenvalue weighted by Gasteiger charge is -2.37. The standard InChI is InChI=1S/C21H21F2N3O2/c22-16-5-7-17(8-6-16)26-14-15(13-20(26)27)21(28)25-11-9-24(10-12-25)19-4-2-1-3-18(19)23/h1-8,15H,9-14H2/t15-/m0/s1. The summed E-state index contributed by atoms with van der Waals surface area (Å²) in [5.74, 6) is -1.21. The first kappa shape index (κ1) is 18.4. The second-order valence-corrected chi connectivity index (χ2v) is 7.15. The van der Waals surface area contributed by atoms with Gasteiger partial charge in [0.1, 0.15) is 11.6 Å². The fourth-order valence-electron chi connectivity index (χ4n) is 3.88. The molecule has 7 heteroatoms. The van der Waals surface area contributed by atoms with Crippen LogP contribution in [0.4, 0.5) is 20.2 Å². The predicted molar refractivity (Wildman–Crippen MR) is 102 cm³/mol. The van der Waals surface area contributed by atoms with Gasteiger partial charge in [-0.25, -0.2) is 8.78 Å². The Labute approximate surface area is 162 Å². The SMILES string of the molecule is O=C([C@H]1CC(=O)N(c2ccc(F)cc2)C1)N1CCN(c2ccccc2F)CC1. The second-order valence-electron chi connectivity index (χ2n) is 7.15. The molecule has 4 rings (SSSR count). The Hall–Kier alpha value is -2.96. The highest BCUT2D eigenvalue weighted by Gasteiger charge is 2.38. The normalized spacial score (nSPS) is 20.0. The first-order chi connectivity index (χ1) is 13.5. The highest BCUT2D eigenvalue weighted by molar-refractivity contribution is 6.00. The van der Waals surface area contributed by atoms with E-state index in [2.05, 4.69) is 0 Å². The number of anilines is 2. The van der Waals surface area contributed by atoms with Crippen molar-refractivity contribution in [3.05, 3.63) is 60.2 Å². The number of amides is 2. The first-order valence-electron chi connectivity index (χ1n) is 9.37. The van der Waals surface area contributed by atoms with Crippen LogP contribution in [0.15, 0.2) is 48.5 Å². The number of para-hydroxylation sites is 1. The average molecular weight is 385 g/mol. The molecule has 5 nitrogen and oxygen atoms in total. The number of hydrogen-bond acceptors (Lipinski definition) is 3.